The zero-order chi connectivity index (χ0) is 15.2. The molecule has 1 amide bonds. The number of hydrogen-bond acceptors (Lipinski definition) is 3. The fourth-order valence-electron chi connectivity index (χ4n) is 2.10. The van der Waals surface area contributed by atoms with E-state index in [1.807, 2.05) is 19.1 Å². The standard InChI is InChI=1S/C16H18ClNO3/c1-11(9-14(19)15-3-2-8-21-15)18-16(20)10-12-4-6-13(17)7-5-12/h2-8,11,14,19H,9-10H2,1H3,(H,18,20). The van der Waals surface area contributed by atoms with Gasteiger partial charge in [-0.1, -0.05) is 23.7 Å². The molecular formula is C16H18ClNO3. The molecule has 1 aromatic heterocycles. The largest absolute Gasteiger partial charge is 0.467 e. The van der Waals surface area contributed by atoms with Crippen LogP contribution >= 0.6 is 11.6 Å². The van der Waals surface area contributed by atoms with Crippen molar-refractivity contribution in [3.63, 3.8) is 0 Å². The van der Waals surface area contributed by atoms with E-state index in [1.165, 1.54) is 6.26 Å². The molecule has 0 aliphatic carbocycles. The van der Waals surface area contributed by atoms with Gasteiger partial charge in [-0.05, 0) is 36.8 Å². The van der Waals surface area contributed by atoms with Crippen LogP contribution in [0.1, 0.15) is 30.8 Å². The lowest BCUT2D eigenvalue weighted by Gasteiger charge is -2.16. The van der Waals surface area contributed by atoms with E-state index in [4.69, 9.17) is 16.0 Å². The maximum atomic E-state index is 11.9. The Kier molecular flexibility index (Phi) is 5.42. The minimum Gasteiger partial charge on any atom is -0.467 e. The molecule has 0 saturated carbocycles. The fraction of sp³-hybridized carbons (Fsp3) is 0.312. The summed E-state index contributed by atoms with van der Waals surface area (Å²) >= 11 is 5.80. The number of halogens is 1. The van der Waals surface area contributed by atoms with Crippen LogP contribution < -0.4 is 5.32 Å². The van der Waals surface area contributed by atoms with Gasteiger partial charge < -0.3 is 14.8 Å². The van der Waals surface area contributed by atoms with Crippen molar-refractivity contribution in [3.05, 3.63) is 59.0 Å². The molecule has 1 heterocycles. The normalized spacial score (nSPS) is 13.7. The summed E-state index contributed by atoms with van der Waals surface area (Å²) in [6.07, 6.45) is 1.49. The summed E-state index contributed by atoms with van der Waals surface area (Å²) in [6, 6.07) is 10.5. The monoisotopic (exact) mass is 307 g/mol. The number of furan rings is 1. The Morgan fingerprint density at radius 2 is 2.05 bits per heavy atom. The first kappa shape index (κ1) is 15.6. The Morgan fingerprint density at radius 3 is 2.67 bits per heavy atom. The molecule has 0 saturated heterocycles. The SMILES string of the molecule is CC(CC(O)c1ccco1)NC(=O)Cc1ccc(Cl)cc1. The van der Waals surface area contributed by atoms with Crippen LogP contribution in [0.5, 0.6) is 0 Å². The van der Waals surface area contributed by atoms with E-state index in [0.29, 0.717) is 23.6 Å². The van der Waals surface area contributed by atoms with Gasteiger partial charge in [0, 0.05) is 17.5 Å². The lowest BCUT2D eigenvalue weighted by molar-refractivity contribution is -0.121. The van der Waals surface area contributed by atoms with E-state index in [-0.39, 0.29) is 11.9 Å². The minimum atomic E-state index is -0.717. The molecule has 2 aromatic rings. The van der Waals surface area contributed by atoms with Crippen molar-refractivity contribution in [3.8, 4) is 0 Å². The lowest BCUT2D eigenvalue weighted by atomic mass is 10.1. The number of rotatable bonds is 6. The number of aliphatic hydroxyl groups is 1. The minimum absolute atomic E-state index is 0.0866. The van der Waals surface area contributed by atoms with Crippen molar-refractivity contribution in [2.24, 2.45) is 0 Å². The number of aliphatic hydroxyl groups excluding tert-OH is 1. The molecule has 2 rings (SSSR count). The zero-order valence-corrected chi connectivity index (χ0v) is 12.5. The van der Waals surface area contributed by atoms with Crippen molar-refractivity contribution in [2.45, 2.75) is 31.9 Å². The highest BCUT2D eigenvalue weighted by Crippen LogP contribution is 2.18. The van der Waals surface area contributed by atoms with Gasteiger partial charge in [-0.25, -0.2) is 0 Å². The Morgan fingerprint density at radius 1 is 1.33 bits per heavy atom. The number of carbonyl (C=O) groups is 1. The van der Waals surface area contributed by atoms with E-state index in [1.54, 1.807) is 24.3 Å². The number of amides is 1. The van der Waals surface area contributed by atoms with E-state index >= 15 is 0 Å². The Bertz CT molecular complexity index is 566. The third kappa shape index (κ3) is 4.92. The number of nitrogens with one attached hydrogen (secondary N) is 1. The van der Waals surface area contributed by atoms with Crippen LogP contribution in [-0.2, 0) is 11.2 Å². The molecule has 0 aliphatic rings. The van der Waals surface area contributed by atoms with Crippen molar-refractivity contribution >= 4 is 17.5 Å². The molecule has 4 nitrogen and oxygen atoms in total. The summed E-state index contributed by atoms with van der Waals surface area (Å²) in [4.78, 5) is 11.9. The maximum Gasteiger partial charge on any atom is 0.224 e. The topological polar surface area (TPSA) is 62.5 Å². The van der Waals surface area contributed by atoms with Crippen molar-refractivity contribution in [1.82, 2.24) is 5.32 Å². The molecule has 0 aliphatic heterocycles. The highest BCUT2D eigenvalue weighted by atomic mass is 35.5. The van der Waals surface area contributed by atoms with Crippen molar-refractivity contribution < 1.29 is 14.3 Å². The van der Waals surface area contributed by atoms with Crippen LogP contribution in [0.4, 0.5) is 0 Å². The van der Waals surface area contributed by atoms with Crippen LogP contribution in [0, 0.1) is 0 Å². The molecular weight excluding hydrogens is 290 g/mol. The average Bonchev–Trinajstić information content (AvgIpc) is 2.95. The number of hydrogen-bond donors (Lipinski definition) is 2. The van der Waals surface area contributed by atoms with Crippen LogP contribution in [0.2, 0.25) is 5.02 Å². The second-order valence-electron chi connectivity index (χ2n) is 5.04. The first-order valence-corrected chi connectivity index (χ1v) is 7.17. The van der Waals surface area contributed by atoms with E-state index in [2.05, 4.69) is 5.32 Å². The Balaban J connectivity index is 1.80. The third-order valence-corrected chi connectivity index (χ3v) is 3.39. The second kappa shape index (κ2) is 7.29. The quantitative estimate of drug-likeness (QED) is 0.862. The molecule has 0 bridgehead atoms. The highest BCUT2D eigenvalue weighted by molar-refractivity contribution is 6.30. The van der Waals surface area contributed by atoms with Gasteiger partial charge in [0.2, 0.25) is 5.91 Å². The van der Waals surface area contributed by atoms with Gasteiger partial charge in [0.15, 0.2) is 0 Å². The molecule has 1 aromatic carbocycles. The number of carbonyl (C=O) groups excluding carboxylic acids is 1. The lowest BCUT2D eigenvalue weighted by Crippen LogP contribution is -2.34. The average molecular weight is 308 g/mol. The van der Waals surface area contributed by atoms with Crippen LogP contribution in [0.15, 0.2) is 47.1 Å². The van der Waals surface area contributed by atoms with Gasteiger partial charge in [-0.2, -0.15) is 0 Å². The summed E-state index contributed by atoms with van der Waals surface area (Å²) in [5.74, 6) is 0.422. The van der Waals surface area contributed by atoms with Gasteiger partial charge >= 0.3 is 0 Å². The fourth-order valence-corrected chi connectivity index (χ4v) is 2.23. The van der Waals surface area contributed by atoms with Crippen LogP contribution in [0.3, 0.4) is 0 Å². The molecule has 5 heteroatoms. The Hall–Kier alpha value is -1.78. The highest BCUT2D eigenvalue weighted by Gasteiger charge is 2.16. The summed E-state index contributed by atoms with van der Waals surface area (Å²) in [6.45, 7) is 1.85. The molecule has 2 N–H and O–H groups in total. The predicted octanol–water partition coefficient (Wildman–Crippen LogP) is 3.10. The molecule has 21 heavy (non-hydrogen) atoms. The molecule has 2 atom stereocenters. The van der Waals surface area contributed by atoms with E-state index < -0.39 is 6.10 Å². The summed E-state index contributed by atoms with van der Waals surface area (Å²) in [5.41, 5.74) is 0.899. The Labute approximate surface area is 128 Å². The van der Waals surface area contributed by atoms with Gasteiger partial charge in [-0.15, -0.1) is 0 Å². The first-order chi connectivity index (χ1) is 10.0. The second-order valence-corrected chi connectivity index (χ2v) is 5.48. The van der Waals surface area contributed by atoms with Gasteiger partial charge in [-0.3, -0.25) is 4.79 Å². The summed E-state index contributed by atoms with van der Waals surface area (Å²) < 4.78 is 5.13. The first-order valence-electron chi connectivity index (χ1n) is 6.80. The molecule has 0 fully saturated rings. The molecule has 2 unspecified atom stereocenters. The summed E-state index contributed by atoms with van der Waals surface area (Å²) in [7, 11) is 0. The zero-order valence-electron chi connectivity index (χ0n) is 11.8. The molecule has 0 spiro atoms. The summed E-state index contributed by atoms with van der Waals surface area (Å²) in [5, 5.41) is 13.5. The van der Waals surface area contributed by atoms with Gasteiger partial charge in [0.1, 0.15) is 11.9 Å². The van der Waals surface area contributed by atoms with Crippen molar-refractivity contribution in [2.75, 3.05) is 0 Å². The smallest absolute Gasteiger partial charge is 0.224 e. The third-order valence-electron chi connectivity index (χ3n) is 3.13. The predicted molar refractivity (Wildman–Crippen MR) is 81.0 cm³/mol. The number of benzene rings is 1. The van der Waals surface area contributed by atoms with Crippen LogP contribution in [0.25, 0.3) is 0 Å². The van der Waals surface area contributed by atoms with E-state index in [0.717, 1.165) is 5.56 Å². The maximum absolute atomic E-state index is 11.9. The van der Waals surface area contributed by atoms with Gasteiger partial charge in [0.05, 0.1) is 12.7 Å². The van der Waals surface area contributed by atoms with Gasteiger partial charge in [0.25, 0.3) is 0 Å². The van der Waals surface area contributed by atoms with Crippen LogP contribution in [-0.4, -0.2) is 17.1 Å². The molecule has 112 valence electrons. The van der Waals surface area contributed by atoms with E-state index in [9.17, 15) is 9.90 Å². The van der Waals surface area contributed by atoms with Crippen molar-refractivity contribution in [1.29, 1.82) is 0 Å². The molecule has 0 radical (unpaired) electrons.